The summed E-state index contributed by atoms with van der Waals surface area (Å²) >= 11 is 12.3. The highest BCUT2D eigenvalue weighted by Crippen LogP contribution is 2.43. The molecular formula is C28H25Cl2NO4. The number of carbonyl (C=O) groups is 2. The molecule has 1 aliphatic rings. The fourth-order valence-corrected chi connectivity index (χ4v) is 4.33. The summed E-state index contributed by atoms with van der Waals surface area (Å²) in [5, 5.41) is 11.9. The highest BCUT2D eigenvalue weighted by molar-refractivity contribution is 6.52. The average Bonchev–Trinajstić information content (AvgIpc) is 3.09. The van der Waals surface area contributed by atoms with Crippen LogP contribution in [0.25, 0.3) is 5.76 Å². The molecule has 1 atom stereocenters. The van der Waals surface area contributed by atoms with Crippen LogP contribution < -0.4 is 9.64 Å². The number of nitrogens with zero attached hydrogens (tertiary/aromatic N) is 1. The topological polar surface area (TPSA) is 66.8 Å². The molecular weight excluding hydrogens is 485 g/mol. The molecule has 0 bridgehead atoms. The smallest absolute Gasteiger partial charge is 0.300 e. The number of rotatable bonds is 6. The number of carbonyl (C=O) groups excluding carboxylic acids is 2. The summed E-state index contributed by atoms with van der Waals surface area (Å²) in [5.74, 6) is -0.927. The van der Waals surface area contributed by atoms with Crippen LogP contribution in [0.2, 0.25) is 10.0 Å². The van der Waals surface area contributed by atoms with Gasteiger partial charge in [-0.2, -0.15) is 0 Å². The predicted octanol–water partition coefficient (Wildman–Crippen LogP) is 6.96. The first-order valence-corrected chi connectivity index (χ1v) is 12.0. The van der Waals surface area contributed by atoms with Crippen LogP contribution in [0.4, 0.5) is 5.69 Å². The molecule has 1 N–H and O–H groups in total. The van der Waals surface area contributed by atoms with E-state index in [4.69, 9.17) is 27.9 Å². The molecule has 3 aromatic carbocycles. The zero-order valence-electron chi connectivity index (χ0n) is 19.6. The van der Waals surface area contributed by atoms with E-state index in [-0.39, 0.29) is 16.4 Å². The lowest BCUT2D eigenvalue weighted by Crippen LogP contribution is -2.29. The molecule has 1 fully saturated rings. The maximum absolute atomic E-state index is 13.3. The Balaban J connectivity index is 1.88. The number of hydrogen-bond acceptors (Lipinski definition) is 4. The Bertz CT molecular complexity index is 1330. The van der Waals surface area contributed by atoms with E-state index >= 15 is 0 Å². The third-order valence-corrected chi connectivity index (χ3v) is 6.41. The lowest BCUT2D eigenvalue weighted by atomic mass is 9.94. The van der Waals surface area contributed by atoms with Gasteiger partial charge in [0.25, 0.3) is 11.7 Å². The molecule has 0 radical (unpaired) electrons. The summed E-state index contributed by atoms with van der Waals surface area (Å²) < 4.78 is 5.79. The molecule has 5 nitrogen and oxygen atoms in total. The Morgan fingerprint density at radius 1 is 1.00 bits per heavy atom. The Labute approximate surface area is 214 Å². The predicted molar refractivity (Wildman–Crippen MR) is 139 cm³/mol. The summed E-state index contributed by atoms with van der Waals surface area (Å²) in [4.78, 5) is 28.0. The van der Waals surface area contributed by atoms with Crippen LogP contribution in [0, 0.1) is 12.8 Å². The van der Waals surface area contributed by atoms with Crippen molar-refractivity contribution in [3.05, 3.63) is 99.0 Å². The van der Waals surface area contributed by atoms with Crippen molar-refractivity contribution in [2.75, 3.05) is 11.5 Å². The van der Waals surface area contributed by atoms with Crippen LogP contribution >= 0.6 is 23.2 Å². The molecule has 3 aromatic rings. The molecule has 1 amide bonds. The molecule has 1 aliphatic heterocycles. The summed E-state index contributed by atoms with van der Waals surface area (Å²) in [6.45, 7) is 6.51. The van der Waals surface area contributed by atoms with Gasteiger partial charge in [0, 0.05) is 11.3 Å². The molecule has 180 valence electrons. The van der Waals surface area contributed by atoms with Gasteiger partial charge in [0.15, 0.2) is 0 Å². The Kier molecular flexibility index (Phi) is 7.20. The van der Waals surface area contributed by atoms with Crippen molar-refractivity contribution < 1.29 is 19.4 Å². The summed E-state index contributed by atoms with van der Waals surface area (Å²) in [6.07, 6.45) is 0. The van der Waals surface area contributed by atoms with Crippen molar-refractivity contribution in [1.82, 2.24) is 0 Å². The van der Waals surface area contributed by atoms with E-state index in [0.29, 0.717) is 40.1 Å². The Hall–Kier alpha value is -3.28. The number of aliphatic hydroxyl groups excluding tert-OH is 1. The Morgan fingerprint density at radius 3 is 2.43 bits per heavy atom. The van der Waals surface area contributed by atoms with Crippen molar-refractivity contribution in [3.8, 4) is 5.75 Å². The van der Waals surface area contributed by atoms with Gasteiger partial charge in [-0.05, 0) is 48.7 Å². The molecule has 1 unspecified atom stereocenters. The highest BCUT2D eigenvalue weighted by Gasteiger charge is 2.47. The second-order valence-corrected chi connectivity index (χ2v) is 9.73. The number of aliphatic hydroxyl groups is 1. The van der Waals surface area contributed by atoms with E-state index in [0.717, 1.165) is 5.56 Å². The lowest BCUT2D eigenvalue weighted by molar-refractivity contribution is -0.132. The van der Waals surface area contributed by atoms with Crippen LogP contribution in [-0.4, -0.2) is 23.4 Å². The number of benzene rings is 3. The van der Waals surface area contributed by atoms with Crippen molar-refractivity contribution in [1.29, 1.82) is 0 Å². The molecule has 0 aliphatic carbocycles. The summed E-state index contributed by atoms with van der Waals surface area (Å²) in [5.41, 5.74) is 2.42. The number of halogens is 2. The number of hydrogen-bond donors (Lipinski definition) is 1. The molecule has 0 aromatic heterocycles. The van der Waals surface area contributed by atoms with Gasteiger partial charge in [0.1, 0.15) is 11.5 Å². The van der Waals surface area contributed by atoms with E-state index in [9.17, 15) is 14.7 Å². The van der Waals surface area contributed by atoms with Gasteiger partial charge in [0.05, 0.1) is 28.3 Å². The van der Waals surface area contributed by atoms with Gasteiger partial charge in [0.2, 0.25) is 0 Å². The summed E-state index contributed by atoms with van der Waals surface area (Å²) in [7, 11) is 0. The maximum atomic E-state index is 13.3. The van der Waals surface area contributed by atoms with Crippen LogP contribution in [-0.2, 0) is 9.59 Å². The van der Waals surface area contributed by atoms with Crippen LogP contribution in [0.15, 0.2) is 72.3 Å². The van der Waals surface area contributed by atoms with Gasteiger partial charge >= 0.3 is 0 Å². The molecule has 0 saturated carbocycles. The van der Waals surface area contributed by atoms with E-state index < -0.39 is 17.7 Å². The fourth-order valence-electron chi connectivity index (χ4n) is 4.04. The molecule has 1 heterocycles. The van der Waals surface area contributed by atoms with E-state index in [1.807, 2.05) is 45.0 Å². The lowest BCUT2D eigenvalue weighted by Gasteiger charge is -2.26. The zero-order valence-corrected chi connectivity index (χ0v) is 21.1. The molecule has 1 saturated heterocycles. The normalized spacial score (nSPS) is 17.3. The minimum Gasteiger partial charge on any atom is -0.507 e. The molecule has 7 heteroatoms. The van der Waals surface area contributed by atoms with Gasteiger partial charge in [-0.25, -0.2) is 0 Å². The monoisotopic (exact) mass is 509 g/mol. The van der Waals surface area contributed by atoms with Crippen molar-refractivity contribution in [2.24, 2.45) is 5.92 Å². The second kappa shape index (κ2) is 10.1. The zero-order chi connectivity index (χ0) is 25.3. The van der Waals surface area contributed by atoms with E-state index in [2.05, 4.69) is 0 Å². The number of aryl methyl sites for hydroxylation is 1. The van der Waals surface area contributed by atoms with Gasteiger partial charge in [-0.1, -0.05) is 79.0 Å². The fraction of sp³-hybridized carbons (Fsp3) is 0.214. The maximum Gasteiger partial charge on any atom is 0.300 e. The van der Waals surface area contributed by atoms with E-state index in [1.165, 1.54) is 11.0 Å². The van der Waals surface area contributed by atoms with Gasteiger partial charge in [-0.3, -0.25) is 14.5 Å². The highest BCUT2D eigenvalue weighted by atomic mass is 35.5. The summed E-state index contributed by atoms with van der Waals surface area (Å²) in [6, 6.07) is 18.2. The Morgan fingerprint density at radius 2 is 1.74 bits per heavy atom. The standard InChI is InChI=1S/C28H25Cl2NO4/c1-16(2)15-35-21-9-5-8-19(13-21)26(32)24-25(18-7-4-6-17(3)12-18)31(28(34)27(24)33)20-10-11-22(29)23(30)14-20/h4-14,16,25,32H,15H2,1-3H3/b26-24+. The molecule has 35 heavy (non-hydrogen) atoms. The van der Waals surface area contributed by atoms with Crippen molar-refractivity contribution >= 4 is 46.3 Å². The van der Waals surface area contributed by atoms with Crippen molar-refractivity contribution in [2.45, 2.75) is 26.8 Å². The first kappa shape index (κ1) is 24.8. The number of ketones is 1. The van der Waals surface area contributed by atoms with E-state index in [1.54, 1.807) is 36.4 Å². The first-order valence-electron chi connectivity index (χ1n) is 11.2. The SMILES string of the molecule is Cc1cccc(C2/C(=C(\O)c3cccc(OCC(C)C)c3)C(=O)C(=O)N2c2ccc(Cl)c(Cl)c2)c1. The molecule has 4 rings (SSSR count). The molecule has 0 spiro atoms. The van der Waals surface area contributed by atoms with Crippen LogP contribution in [0.3, 0.4) is 0 Å². The average molecular weight is 510 g/mol. The third-order valence-electron chi connectivity index (χ3n) is 5.67. The minimum atomic E-state index is -0.854. The third kappa shape index (κ3) is 5.07. The van der Waals surface area contributed by atoms with Crippen LogP contribution in [0.5, 0.6) is 5.75 Å². The second-order valence-electron chi connectivity index (χ2n) is 8.91. The number of Topliss-reactive ketones (excluding diaryl/α,β-unsaturated/α-hetero) is 1. The largest absolute Gasteiger partial charge is 0.507 e. The van der Waals surface area contributed by atoms with Crippen molar-refractivity contribution in [3.63, 3.8) is 0 Å². The van der Waals surface area contributed by atoms with Crippen LogP contribution in [0.1, 0.15) is 36.6 Å². The minimum absolute atomic E-state index is 0.00678. The van der Waals surface area contributed by atoms with Gasteiger partial charge < -0.3 is 9.84 Å². The number of ether oxygens (including phenoxy) is 1. The number of amides is 1. The quantitative estimate of drug-likeness (QED) is 0.221. The first-order chi connectivity index (χ1) is 16.7. The van der Waals surface area contributed by atoms with Gasteiger partial charge in [-0.15, -0.1) is 0 Å². The number of anilines is 1.